The van der Waals surface area contributed by atoms with Crippen molar-refractivity contribution in [3.63, 3.8) is 0 Å². The fourth-order valence-electron chi connectivity index (χ4n) is 2.07. The van der Waals surface area contributed by atoms with Crippen LogP contribution >= 0.6 is 0 Å². The van der Waals surface area contributed by atoms with Crippen LogP contribution in [-0.4, -0.2) is 29.7 Å². The topological polar surface area (TPSA) is 47.0 Å². The number of nitrogens with zero attached hydrogens (tertiary/aromatic N) is 2. The maximum absolute atomic E-state index is 5.28. The molecule has 4 heteroatoms. The van der Waals surface area contributed by atoms with Crippen LogP contribution in [0.5, 0.6) is 0 Å². The number of rotatable bonds is 7. The van der Waals surface area contributed by atoms with Crippen molar-refractivity contribution >= 4 is 0 Å². The van der Waals surface area contributed by atoms with E-state index in [1.54, 1.807) is 7.11 Å². The van der Waals surface area contributed by atoms with Gasteiger partial charge in [-0.2, -0.15) is 0 Å². The van der Waals surface area contributed by atoms with Crippen LogP contribution in [0, 0.1) is 13.8 Å². The van der Waals surface area contributed by atoms with Gasteiger partial charge in [-0.25, -0.2) is 9.97 Å². The first-order chi connectivity index (χ1) is 8.95. The molecule has 1 unspecified atom stereocenters. The normalized spacial score (nSPS) is 13.0. The Morgan fingerprint density at radius 1 is 1.11 bits per heavy atom. The number of nitrogens with one attached hydrogen (secondary N) is 1. The molecular weight excluding hydrogens is 238 g/mol. The molecule has 4 nitrogen and oxygen atoms in total. The summed E-state index contributed by atoms with van der Waals surface area (Å²) in [4.78, 5) is 9.12. The van der Waals surface area contributed by atoms with Crippen molar-refractivity contribution in [1.29, 1.82) is 0 Å². The van der Waals surface area contributed by atoms with Crippen LogP contribution in [0.15, 0.2) is 0 Å². The zero-order chi connectivity index (χ0) is 14.4. The molecule has 0 saturated heterocycles. The van der Waals surface area contributed by atoms with E-state index in [0.29, 0.717) is 6.04 Å². The third-order valence-electron chi connectivity index (χ3n) is 3.31. The second-order valence-electron chi connectivity index (χ2n) is 5.32. The van der Waals surface area contributed by atoms with Gasteiger partial charge < -0.3 is 10.1 Å². The summed E-state index contributed by atoms with van der Waals surface area (Å²) >= 11 is 0. The van der Waals surface area contributed by atoms with Crippen molar-refractivity contribution in [2.24, 2.45) is 0 Å². The van der Waals surface area contributed by atoms with E-state index in [9.17, 15) is 0 Å². The van der Waals surface area contributed by atoms with Crippen LogP contribution in [0.3, 0.4) is 0 Å². The van der Waals surface area contributed by atoms with Gasteiger partial charge in [-0.3, -0.25) is 0 Å². The molecule has 0 fully saturated rings. The molecule has 0 saturated carbocycles. The molecule has 0 aliphatic carbocycles. The van der Waals surface area contributed by atoms with Crippen molar-refractivity contribution in [2.45, 2.75) is 59.6 Å². The van der Waals surface area contributed by atoms with Crippen LogP contribution in [0.1, 0.15) is 56.1 Å². The molecule has 1 aromatic rings. The van der Waals surface area contributed by atoms with Crippen molar-refractivity contribution in [3.05, 3.63) is 22.8 Å². The van der Waals surface area contributed by atoms with Crippen molar-refractivity contribution < 1.29 is 4.74 Å². The lowest BCUT2D eigenvalue weighted by atomic mass is 10.1. The third kappa shape index (κ3) is 4.88. The molecule has 1 N–H and O–H groups in total. The van der Waals surface area contributed by atoms with E-state index in [-0.39, 0.29) is 6.10 Å². The molecule has 1 heterocycles. The molecule has 1 atom stereocenters. The standard InChI is InChI=1S/C15H27N3O/c1-10(2)16-9-7-8-14-11(3)17-15(13(5)19-6)18-12(14)4/h10,13,16H,7-9H2,1-6H3. The van der Waals surface area contributed by atoms with E-state index in [1.807, 2.05) is 6.92 Å². The summed E-state index contributed by atoms with van der Waals surface area (Å²) in [5, 5.41) is 3.43. The molecule has 0 spiro atoms. The van der Waals surface area contributed by atoms with E-state index < -0.39 is 0 Å². The molecule has 0 radical (unpaired) electrons. The first-order valence-electron chi connectivity index (χ1n) is 7.05. The molecular formula is C15H27N3O. The highest BCUT2D eigenvalue weighted by Gasteiger charge is 2.12. The maximum Gasteiger partial charge on any atom is 0.157 e. The van der Waals surface area contributed by atoms with Crippen LogP contribution in [0.4, 0.5) is 0 Å². The van der Waals surface area contributed by atoms with Gasteiger partial charge in [-0.1, -0.05) is 13.8 Å². The largest absolute Gasteiger partial charge is 0.374 e. The smallest absolute Gasteiger partial charge is 0.157 e. The molecule has 108 valence electrons. The van der Waals surface area contributed by atoms with Gasteiger partial charge in [0.25, 0.3) is 0 Å². The summed E-state index contributed by atoms with van der Waals surface area (Å²) in [6.45, 7) is 11.5. The number of hydrogen-bond acceptors (Lipinski definition) is 4. The molecule has 1 rings (SSSR count). The van der Waals surface area contributed by atoms with Gasteiger partial charge in [0, 0.05) is 24.5 Å². The predicted octanol–water partition coefficient (Wildman–Crippen LogP) is 2.73. The molecule has 0 aliphatic rings. The number of ether oxygens (including phenoxy) is 1. The van der Waals surface area contributed by atoms with Crippen LogP contribution in [-0.2, 0) is 11.2 Å². The average molecular weight is 265 g/mol. The zero-order valence-electron chi connectivity index (χ0n) is 13.1. The molecule has 0 aliphatic heterocycles. The Morgan fingerprint density at radius 3 is 2.16 bits per heavy atom. The Kier molecular flexibility index (Phi) is 6.38. The Morgan fingerprint density at radius 2 is 1.68 bits per heavy atom. The minimum atomic E-state index is -0.0472. The van der Waals surface area contributed by atoms with Crippen molar-refractivity contribution in [1.82, 2.24) is 15.3 Å². The van der Waals surface area contributed by atoms with Gasteiger partial charge in [0.15, 0.2) is 5.82 Å². The summed E-state index contributed by atoms with van der Waals surface area (Å²) in [5.41, 5.74) is 3.43. The van der Waals surface area contributed by atoms with E-state index >= 15 is 0 Å². The number of methoxy groups -OCH3 is 1. The average Bonchev–Trinajstić information content (AvgIpc) is 2.35. The second kappa shape index (κ2) is 7.56. The summed E-state index contributed by atoms with van der Waals surface area (Å²) in [6, 6.07) is 0.545. The number of aryl methyl sites for hydroxylation is 2. The first kappa shape index (κ1) is 16.1. The van der Waals surface area contributed by atoms with Gasteiger partial charge >= 0.3 is 0 Å². The highest BCUT2D eigenvalue weighted by atomic mass is 16.5. The van der Waals surface area contributed by atoms with Crippen LogP contribution < -0.4 is 5.32 Å². The maximum atomic E-state index is 5.28. The minimum absolute atomic E-state index is 0.0472. The van der Waals surface area contributed by atoms with E-state index in [2.05, 4.69) is 43.0 Å². The Bertz CT molecular complexity index is 381. The van der Waals surface area contributed by atoms with E-state index in [1.165, 1.54) is 5.56 Å². The molecule has 1 aromatic heterocycles. The molecule has 0 aromatic carbocycles. The Hall–Kier alpha value is -1.00. The highest BCUT2D eigenvalue weighted by Crippen LogP contribution is 2.17. The highest BCUT2D eigenvalue weighted by molar-refractivity contribution is 5.24. The predicted molar refractivity (Wildman–Crippen MR) is 78.4 cm³/mol. The first-order valence-corrected chi connectivity index (χ1v) is 7.05. The monoisotopic (exact) mass is 265 g/mol. The van der Waals surface area contributed by atoms with Crippen molar-refractivity contribution in [3.8, 4) is 0 Å². The Balaban J connectivity index is 2.69. The lowest BCUT2D eigenvalue weighted by Gasteiger charge is -2.14. The molecule has 0 amide bonds. The SMILES string of the molecule is COC(C)c1nc(C)c(CCCNC(C)C)c(C)n1. The van der Waals surface area contributed by atoms with Crippen molar-refractivity contribution in [2.75, 3.05) is 13.7 Å². The van der Waals surface area contributed by atoms with E-state index in [4.69, 9.17) is 4.74 Å². The second-order valence-corrected chi connectivity index (χ2v) is 5.32. The fourth-order valence-corrected chi connectivity index (χ4v) is 2.07. The lowest BCUT2D eigenvalue weighted by molar-refractivity contribution is 0.111. The summed E-state index contributed by atoms with van der Waals surface area (Å²) in [5.74, 6) is 0.779. The molecule has 19 heavy (non-hydrogen) atoms. The summed E-state index contributed by atoms with van der Waals surface area (Å²) < 4.78 is 5.28. The van der Waals surface area contributed by atoms with Crippen LogP contribution in [0.2, 0.25) is 0 Å². The fraction of sp³-hybridized carbons (Fsp3) is 0.733. The van der Waals surface area contributed by atoms with Gasteiger partial charge in [-0.15, -0.1) is 0 Å². The van der Waals surface area contributed by atoms with Gasteiger partial charge in [0.2, 0.25) is 0 Å². The summed E-state index contributed by atoms with van der Waals surface area (Å²) in [6.07, 6.45) is 2.09. The minimum Gasteiger partial charge on any atom is -0.374 e. The zero-order valence-corrected chi connectivity index (χ0v) is 13.1. The van der Waals surface area contributed by atoms with Gasteiger partial charge in [0.1, 0.15) is 6.10 Å². The lowest BCUT2D eigenvalue weighted by Crippen LogP contribution is -2.24. The van der Waals surface area contributed by atoms with E-state index in [0.717, 1.165) is 36.6 Å². The number of aromatic nitrogens is 2. The Labute approximate surface area is 117 Å². The number of hydrogen-bond donors (Lipinski definition) is 1. The summed E-state index contributed by atoms with van der Waals surface area (Å²) in [7, 11) is 1.68. The van der Waals surface area contributed by atoms with Gasteiger partial charge in [0.05, 0.1) is 0 Å². The van der Waals surface area contributed by atoms with Crippen LogP contribution in [0.25, 0.3) is 0 Å². The quantitative estimate of drug-likeness (QED) is 0.770. The van der Waals surface area contributed by atoms with Gasteiger partial charge in [-0.05, 0) is 45.7 Å². The molecule has 0 bridgehead atoms. The third-order valence-corrected chi connectivity index (χ3v) is 3.31.